The van der Waals surface area contributed by atoms with E-state index >= 15 is 0 Å². The number of allylic oxidation sites excluding steroid dienone is 1. The summed E-state index contributed by atoms with van der Waals surface area (Å²) in [5, 5.41) is 8.66. The highest BCUT2D eigenvalue weighted by atomic mass is 32.2. The first kappa shape index (κ1) is 14.1. The summed E-state index contributed by atoms with van der Waals surface area (Å²) in [6.45, 7) is 1.38. The summed E-state index contributed by atoms with van der Waals surface area (Å²) in [5.41, 5.74) is 1.55. The fourth-order valence-corrected chi connectivity index (χ4v) is 2.98. The maximum atomic E-state index is 11.6. The molecule has 1 aliphatic heterocycles. The Morgan fingerprint density at radius 1 is 1.35 bits per heavy atom. The van der Waals surface area contributed by atoms with Crippen LogP contribution in [-0.2, 0) is 19.8 Å². The van der Waals surface area contributed by atoms with Gasteiger partial charge in [0.1, 0.15) is 6.54 Å². The molecule has 1 aromatic rings. The SMILES string of the molecule is C/C(=C\C(=O)O)c1ccc(N2CC(=O)NS2(=O)=O)cc1. The zero-order valence-corrected chi connectivity index (χ0v) is 11.3. The number of anilines is 1. The van der Waals surface area contributed by atoms with Crippen molar-refractivity contribution >= 4 is 33.3 Å². The number of hydrogen-bond donors (Lipinski definition) is 2. The van der Waals surface area contributed by atoms with Gasteiger partial charge in [-0.15, -0.1) is 0 Å². The lowest BCUT2D eigenvalue weighted by Crippen LogP contribution is -2.29. The zero-order chi connectivity index (χ0) is 14.9. The minimum absolute atomic E-state index is 0.258. The number of amides is 1. The molecule has 2 N–H and O–H groups in total. The van der Waals surface area contributed by atoms with E-state index in [0.717, 1.165) is 10.4 Å². The maximum Gasteiger partial charge on any atom is 0.328 e. The van der Waals surface area contributed by atoms with Crippen molar-refractivity contribution in [2.45, 2.75) is 6.92 Å². The molecular formula is C12H12N2O5S. The largest absolute Gasteiger partial charge is 0.478 e. The molecule has 1 aromatic carbocycles. The number of nitrogens with one attached hydrogen (secondary N) is 1. The molecule has 0 spiro atoms. The van der Waals surface area contributed by atoms with Crippen LogP contribution in [0.1, 0.15) is 12.5 Å². The molecule has 20 heavy (non-hydrogen) atoms. The van der Waals surface area contributed by atoms with Crippen molar-refractivity contribution in [2.24, 2.45) is 0 Å². The summed E-state index contributed by atoms with van der Waals surface area (Å²) in [5.74, 6) is -1.64. The van der Waals surface area contributed by atoms with Crippen molar-refractivity contribution < 1.29 is 23.1 Å². The number of benzene rings is 1. The summed E-state index contributed by atoms with van der Waals surface area (Å²) in [4.78, 5) is 21.7. The third-order valence-electron chi connectivity index (χ3n) is 2.77. The lowest BCUT2D eigenvalue weighted by Gasteiger charge is -2.14. The van der Waals surface area contributed by atoms with E-state index in [1.807, 2.05) is 4.72 Å². The molecule has 106 valence electrons. The average Bonchev–Trinajstić information content (AvgIpc) is 2.62. The molecular weight excluding hydrogens is 284 g/mol. The van der Waals surface area contributed by atoms with E-state index < -0.39 is 22.1 Å². The van der Waals surface area contributed by atoms with Crippen LogP contribution in [0, 0.1) is 0 Å². The normalized spacial score (nSPS) is 17.9. The highest BCUT2D eigenvalue weighted by Crippen LogP contribution is 2.23. The van der Waals surface area contributed by atoms with Gasteiger partial charge in [0.25, 0.3) is 5.91 Å². The van der Waals surface area contributed by atoms with E-state index in [4.69, 9.17) is 5.11 Å². The van der Waals surface area contributed by atoms with Gasteiger partial charge in [0.05, 0.1) is 5.69 Å². The molecule has 2 rings (SSSR count). The van der Waals surface area contributed by atoms with E-state index in [1.165, 1.54) is 12.1 Å². The van der Waals surface area contributed by atoms with Crippen molar-refractivity contribution in [1.82, 2.24) is 4.72 Å². The summed E-state index contributed by atoms with van der Waals surface area (Å²) >= 11 is 0. The van der Waals surface area contributed by atoms with Gasteiger partial charge in [-0.25, -0.2) is 13.8 Å². The summed E-state index contributed by atoms with van der Waals surface area (Å²) in [6.07, 6.45) is 1.06. The molecule has 8 heteroatoms. The number of carbonyl (C=O) groups excluding carboxylic acids is 1. The van der Waals surface area contributed by atoms with Gasteiger partial charge in [0.2, 0.25) is 0 Å². The fourth-order valence-electron chi connectivity index (χ4n) is 1.84. The monoisotopic (exact) mass is 296 g/mol. The smallest absolute Gasteiger partial charge is 0.328 e. The molecule has 1 amide bonds. The third-order valence-corrected chi connectivity index (χ3v) is 4.18. The second kappa shape index (κ2) is 4.97. The Morgan fingerprint density at radius 3 is 2.40 bits per heavy atom. The molecule has 1 aliphatic rings. The molecule has 0 atom stereocenters. The van der Waals surface area contributed by atoms with Crippen LogP contribution in [-0.4, -0.2) is 31.9 Å². The van der Waals surface area contributed by atoms with Gasteiger partial charge in [-0.1, -0.05) is 12.1 Å². The van der Waals surface area contributed by atoms with E-state index in [2.05, 4.69) is 0 Å². The second-order valence-corrected chi connectivity index (χ2v) is 5.84. The van der Waals surface area contributed by atoms with E-state index in [9.17, 15) is 18.0 Å². The van der Waals surface area contributed by atoms with E-state index in [0.29, 0.717) is 16.8 Å². The van der Waals surface area contributed by atoms with Crippen LogP contribution in [0.15, 0.2) is 30.3 Å². The van der Waals surface area contributed by atoms with Crippen LogP contribution in [0.4, 0.5) is 5.69 Å². The Morgan fingerprint density at radius 2 is 1.95 bits per heavy atom. The average molecular weight is 296 g/mol. The van der Waals surface area contributed by atoms with Crippen LogP contribution in [0.25, 0.3) is 5.57 Å². The summed E-state index contributed by atoms with van der Waals surface area (Å²) in [6, 6.07) is 6.24. The molecule has 0 radical (unpaired) electrons. The lowest BCUT2D eigenvalue weighted by molar-refractivity contribution is -0.131. The minimum Gasteiger partial charge on any atom is -0.478 e. The van der Waals surface area contributed by atoms with Crippen molar-refractivity contribution in [3.05, 3.63) is 35.9 Å². The summed E-state index contributed by atoms with van der Waals surface area (Å²) < 4.78 is 26.1. The predicted molar refractivity (Wildman–Crippen MR) is 72.1 cm³/mol. The van der Waals surface area contributed by atoms with Gasteiger partial charge < -0.3 is 5.11 Å². The molecule has 0 unspecified atom stereocenters. The maximum absolute atomic E-state index is 11.6. The van der Waals surface area contributed by atoms with Crippen molar-refractivity contribution in [2.75, 3.05) is 10.8 Å². The zero-order valence-electron chi connectivity index (χ0n) is 10.5. The first-order valence-electron chi connectivity index (χ1n) is 5.64. The number of rotatable bonds is 3. The third kappa shape index (κ3) is 2.80. The number of carboxylic acids is 1. The number of nitrogens with zero attached hydrogens (tertiary/aromatic N) is 1. The number of carboxylic acid groups (broad SMARTS) is 1. The molecule has 0 aromatic heterocycles. The minimum atomic E-state index is -3.82. The van der Waals surface area contributed by atoms with Crippen LogP contribution in [0.2, 0.25) is 0 Å². The Bertz CT molecular complexity index is 691. The molecule has 0 bridgehead atoms. The molecule has 1 fully saturated rings. The molecule has 0 aliphatic carbocycles. The van der Waals surface area contributed by atoms with Crippen LogP contribution < -0.4 is 9.03 Å². The molecule has 7 nitrogen and oxygen atoms in total. The van der Waals surface area contributed by atoms with Gasteiger partial charge in [-0.3, -0.25) is 4.79 Å². The van der Waals surface area contributed by atoms with E-state index in [1.54, 1.807) is 19.1 Å². The standard InChI is InChI=1S/C12H12N2O5S/c1-8(6-12(16)17)9-2-4-10(5-3-9)14-7-11(15)13-20(14,18)19/h2-6H,7H2,1H3,(H,13,15)(H,16,17)/b8-6+. The van der Waals surface area contributed by atoms with Crippen molar-refractivity contribution in [3.8, 4) is 0 Å². The fraction of sp³-hybridized carbons (Fsp3) is 0.167. The first-order chi connectivity index (χ1) is 9.29. The number of hydrogen-bond acceptors (Lipinski definition) is 4. The molecule has 1 saturated heterocycles. The molecule has 1 heterocycles. The highest BCUT2D eigenvalue weighted by Gasteiger charge is 2.33. The Balaban J connectivity index is 2.30. The van der Waals surface area contributed by atoms with Gasteiger partial charge in [-0.05, 0) is 30.2 Å². The predicted octanol–water partition coefficient (Wildman–Crippen LogP) is 0.356. The quantitative estimate of drug-likeness (QED) is 0.784. The topological polar surface area (TPSA) is 104 Å². The number of carbonyl (C=O) groups is 2. The van der Waals surface area contributed by atoms with Crippen molar-refractivity contribution in [1.29, 1.82) is 0 Å². The van der Waals surface area contributed by atoms with Gasteiger partial charge in [0, 0.05) is 6.08 Å². The van der Waals surface area contributed by atoms with Gasteiger partial charge in [-0.2, -0.15) is 8.42 Å². The number of aliphatic carboxylic acids is 1. The van der Waals surface area contributed by atoms with E-state index in [-0.39, 0.29) is 6.54 Å². The van der Waals surface area contributed by atoms with Crippen LogP contribution >= 0.6 is 0 Å². The van der Waals surface area contributed by atoms with Crippen LogP contribution in [0.3, 0.4) is 0 Å². The first-order valence-corrected chi connectivity index (χ1v) is 7.08. The Kier molecular flexibility index (Phi) is 3.49. The van der Waals surface area contributed by atoms with Gasteiger partial charge >= 0.3 is 16.2 Å². The van der Waals surface area contributed by atoms with Gasteiger partial charge in [0.15, 0.2) is 0 Å². The van der Waals surface area contributed by atoms with Crippen molar-refractivity contribution in [3.63, 3.8) is 0 Å². The van der Waals surface area contributed by atoms with Crippen LogP contribution in [0.5, 0.6) is 0 Å². The second-order valence-electron chi connectivity index (χ2n) is 4.25. The lowest BCUT2D eigenvalue weighted by atomic mass is 10.1. The summed E-state index contributed by atoms with van der Waals surface area (Å²) in [7, 11) is -3.82. The highest BCUT2D eigenvalue weighted by molar-refractivity contribution is 7.92. The Labute approximate surface area is 115 Å². The molecule has 0 saturated carbocycles. The Hall–Kier alpha value is -2.35.